The summed E-state index contributed by atoms with van der Waals surface area (Å²) in [5.41, 5.74) is 5.41. The van der Waals surface area contributed by atoms with Crippen molar-refractivity contribution in [2.75, 3.05) is 19.8 Å². The summed E-state index contributed by atoms with van der Waals surface area (Å²) in [6.45, 7) is 26.7. The SMILES string of the molecule is CC(C)C[C@H](NC(=O)[C@@H](N)CO[Si](C)(C)C(C)(C)C)[C@H](O)C1(CO[Si](C)(C)C(C)(C)C)CO1. The molecule has 1 amide bonds. The summed E-state index contributed by atoms with van der Waals surface area (Å²) in [6.07, 6.45) is -0.254. The number of carbonyl (C=O) groups is 1. The highest BCUT2D eigenvalue weighted by atomic mass is 28.4. The fourth-order valence-electron chi connectivity index (χ4n) is 2.97. The van der Waals surface area contributed by atoms with Gasteiger partial charge in [0, 0.05) is 0 Å². The number of epoxide rings is 1. The van der Waals surface area contributed by atoms with E-state index in [1.807, 2.05) is 0 Å². The van der Waals surface area contributed by atoms with Crippen LogP contribution in [0.15, 0.2) is 0 Å². The lowest BCUT2D eigenvalue weighted by Crippen LogP contribution is -2.57. The Kier molecular flexibility index (Phi) is 10.0. The Morgan fingerprint density at radius 2 is 1.52 bits per heavy atom. The Hall–Kier alpha value is -0.296. The largest absolute Gasteiger partial charge is 0.415 e. The lowest BCUT2D eigenvalue weighted by atomic mass is 9.91. The van der Waals surface area contributed by atoms with Gasteiger partial charge in [-0.15, -0.1) is 0 Å². The summed E-state index contributed by atoms with van der Waals surface area (Å²) in [5.74, 6) is -0.0266. The lowest BCUT2D eigenvalue weighted by molar-refractivity contribution is -0.125. The molecule has 1 rings (SSSR count). The molecule has 0 spiro atoms. The maximum absolute atomic E-state index is 12.9. The van der Waals surface area contributed by atoms with Crippen molar-refractivity contribution in [1.29, 1.82) is 0 Å². The molecule has 0 aromatic heterocycles. The summed E-state index contributed by atoms with van der Waals surface area (Å²) >= 11 is 0. The van der Waals surface area contributed by atoms with Crippen LogP contribution in [0.25, 0.3) is 0 Å². The average molecular weight is 505 g/mol. The Morgan fingerprint density at radius 1 is 1.06 bits per heavy atom. The Morgan fingerprint density at radius 3 is 1.91 bits per heavy atom. The molecular weight excluding hydrogens is 452 g/mol. The van der Waals surface area contributed by atoms with Crippen molar-refractivity contribution >= 4 is 22.5 Å². The molecule has 0 aromatic rings. The van der Waals surface area contributed by atoms with E-state index in [0.29, 0.717) is 19.6 Å². The standard InChI is InChI=1S/C24H52N2O5Si2/c1-17(2)13-19(26-21(28)18(25)14-30-32(9,10)22(3,4)5)20(27)24(15-29-24)16-31-33(11,12)23(6,7)8/h17-20,27H,13-16,25H2,1-12H3,(H,26,28)/t18-,19-,20-,24?/m0/s1. The molecule has 4 atom stereocenters. The second kappa shape index (κ2) is 10.8. The maximum Gasteiger partial charge on any atom is 0.239 e. The Balaban J connectivity index is 2.84. The van der Waals surface area contributed by atoms with Crippen molar-refractivity contribution in [3.63, 3.8) is 0 Å². The zero-order valence-electron chi connectivity index (χ0n) is 23.3. The van der Waals surface area contributed by atoms with Gasteiger partial charge in [0.1, 0.15) is 17.7 Å². The molecule has 4 N–H and O–H groups in total. The molecule has 1 aliphatic rings. The maximum atomic E-state index is 12.9. The van der Waals surface area contributed by atoms with Crippen LogP contribution in [0.3, 0.4) is 0 Å². The van der Waals surface area contributed by atoms with Crippen molar-refractivity contribution in [1.82, 2.24) is 5.32 Å². The monoisotopic (exact) mass is 504 g/mol. The topological polar surface area (TPSA) is 106 Å². The van der Waals surface area contributed by atoms with E-state index in [0.717, 1.165) is 0 Å². The van der Waals surface area contributed by atoms with Crippen molar-refractivity contribution in [2.24, 2.45) is 11.7 Å². The van der Waals surface area contributed by atoms with E-state index < -0.39 is 40.4 Å². The smallest absolute Gasteiger partial charge is 0.239 e. The molecule has 7 nitrogen and oxygen atoms in total. The minimum atomic E-state index is -2.01. The Bertz CT molecular complexity index is 652. The van der Waals surface area contributed by atoms with Gasteiger partial charge in [-0.25, -0.2) is 0 Å². The molecule has 196 valence electrons. The second-order valence-corrected chi connectivity index (χ2v) is 22.9. The first-order valence-electron chi connectivity index (χ1n) is 12.3. The van der Waals surface area contributed by atoms with Crippen LogP contribution in [0.1, 0.15) is 61.8 Å². The van der Waals surface area contributed by atoms with Crippen molar-refractivity contribution in [2.45, 2.75) is 122 Å². The molecule has 9 heteroatoms. The molecule has 1 fully saturated rings. The van der Waals surface area contributed by atoms with Crippen LogP contribution < -0.4 is 11.1 Å². The third kappa shape index (κ3) is 8.40. The fraction of sp³-hybridized carbons (Fsp3) is 0.958. The van der Waals surface area contributed by atoms with E-state index in [-0.39, 0.29) is 28.5 Å². The number of hydrogen-bond acceptors (Lipinski definition) is 6. The highest BCUT2D eigenvalue weighted by molar-refractivity contribution is 6.74. The van der Waals surface area contributed by atoms with E-state index in [4.69, 9.17) is 19.3 Å². The van der Waals surface area contributed by atoms with Crippen LogP contribution >= 0.6 is 0 Å². The molecule has 1 aliphatic heterocycles. The van der Waals surface area contributed by atoms with Gasteiger partial charge in [-0.05, 0) is 48.6 Å². The first kappa shape index (κ1) is 30.7. The lowest BCUT2D eigenvalue weighted by Gasteiger charge is -2.38. The van der Waals surface area contributed by atoms with E-state index in [2.05, 4.69) is 86.9 Å². The van der Waals surface area contributed by atoms with Crippen molar-refractivity contribution in [3.8, 4) is 0 Å². The van der Waals surface area contributed by atoms with Gasteiger partial charge >= 0.3 is 0 Å². The van der Waals surface area contributed by atoms with Gasteiger partial charge in [0.05, 0.1) is 25.9 Å². The van der Waals surface area contributed by atoms with Gasteiger partial charge in [-0.1, -0.05) is 55.4 Å². The molecule has 33 heavy (non-hydrogen) atoms. The summed E-state index contributed by atoms with van der Waals surface area (Å²) in [6, 6.07) is -1.26. The molecule has 1 heterocycles. The number of amides is 1. The normalized spacial score (nSPS) is 22.8. The van der Waals surface area contributed by atoms with E-state index in [1.54, 1.807) is 0 Å². The van der Waals surface area contributed by atoms with Crippen LogP contribution in [-0.2, 0) is 18.4 Å². The number of aliphatic hydroxyl groups excluding tert-OH is 1. The quantitative estimate of drug-likeness (QED) is 0.274. The van der Waals surface area contributed by atoms with Crippen LogP contribution in [0.4, 0.5) is 0 Å². The molecule has 0 aliphatic carbocycles. The Labute approximate surface area is 204 Å². The number of aliphatic hydroxyl groups is 1. The van der Waals surface area contributed by atoms with Crippen LogP contribution in [0, 0.1) is 5.92 Å². The van der Waals surface area contributed by atoms with Gasteiger partial charge in [-0.2, -0.15) is 0 Å². The molecule has 1 saturated heterocycles. The molecule has 0 aromatic carbocycles. The summed E-state index contributed by atoms with van der Waals surface area (Å²) < 4.78 is 18.2. The highest BCUT2D eigenvalue weighted by Crippen LogP contribution is 2.41. The molecule has 0 bridgehead atoms. The molecule has 1 unspecified atom stereocenters. The van der Waals surface area contributed by atoms with E-state index in [1.165, 1.54) is 0 Å². The fourth-order valence-corrected chi connectivity index (χ4v) is 5.04. The van der Waals surface area contributed by atoms with Gasteiger partial charge in [0.15, 0.2) is 16.6 Å². The van der Waals surface area contributed by atoms with Gasteiger partial charge < -0.3 is 29.7 Å². The minimum absolute atomic E-state index is 0.0411. The first-order valence-corrected chi connectivity index (χ1v) is 18.1. The minimum Gasteiger partial charge on any atom is -0.415 e. The number of hydrogen-bond donors (Lipinski definition) is 3. The van der Waals surface area contributed by atoms with Crippen molar-refractivity contribution < 1.29 is 23.5 Å². The number of nitrogens with two attached hydrogens (primary N) is 1. The van der Waals surface area contributed by atoms with Crippen LogP contribution in [0.5, 0.6) is 0 Å². The van der Waals surface area contributed by atoms with Crippen LogP contribution in [0.2, 0.25) is 36.3 Å². The third-order valence-electron chi connectivity index (χ3n) is 7.74. The first-order chi connectivity index (χ1) is 14.7. The summed E-state index contributed by atoms with van der Waals surface area (Å²) in [4.78, 5) is 12.9. The second-order valence-electron chi connectivity index (χ2n) is 13.3. The summed E-state index contributed by atoms with van der Waals surface area (Å²) in [7, 11) is -4.00. The van der Waals surface area contributed by atoms with E-state index in [9.17, 15) is 9.90 Å². The van der Waals surface area contributed by atoms with E-state index >= 15 is 0 Å². The highest BCUT2D eigenvalue weighted by Gasteiger charge is 2.56. The molecular formula is C24H52N2O5Si2. The van der Waals surface area contributed by atoms with Gasteiger partial charge in [-0.3, -0.25) is 4.79 Å². The zero-order chi connectivity index (χ0) is 26.0. The molecule has 0 radical (unpaired) electrons. The number of ether oxygens (including phenoxy) is 1. The summed E-state index contributed by atoms with van der Waals surface area (Å²) in [5, 5.41) is 14.4. The van der Waals surface area contributed by atoms with Gasteiger partial charge in [0.25, 0.3) is 0 Å². The van der Waals surface area contributed by atoms with Gasteiger partial charge in [0.2, 0.25) is 5.91 Å². The zero-order valence-corrected chi connectivity index (χ0v) is 25.3. The average Bonchev–Trinajstić information content (AvgIpc) is 3.42. The van der Waals surface area contributed by atoms with Crippen molar-refractivity contribution in [3.05, 3.63) is 0 Å². The third-order valence-corrected chi connectivity index (χ3v) is 16.7. The van der Waals surface area contributed by atoms with Crippen LogP contribution in [-0.4, -0.2) is 71.3 Å². The number of rotatable bonds is 12. The predicted octanol–water partition coefficient (Wildman–Crippen LogP) is 4.02. The predicted molar refractivity (Wildman–Crippen MR) is 140 cm³/mol. The number of nitrogens with one attached hydrogen (secondary N) is 1. The number of carbonyl (C=O) groups excluding carboxylic acids is 1. The molecule has 0 saturated carbocycles.